The topological polar surface area (TPSA) is 15.3 Å². The lowest BCUT2D eigenvalue weighted by molar-refractivity contribution is 0.327. The molecule has 2 heteroatoms. The Morgan fingerprint density at radius 1 is 1.20 bits per heavy atom. The molecule has 1 aliphatic carbocycles. The first-order valence-corrected chi connectivity index (χ1v) is 6.80. The van der Waals surface area contributed by atoms with E-state index in [1.54, 1.807) is 0 Å². The van der Waals surface area contributed by atoms with Gasteiger partial charge in [0.25, 0.3) is 0 Å². The second-order valence-corrected chi connectivity index (χ2v) is 5.47. The number of hydrogen-bond donors (Lipinski definition) is 1. The van der Waals surface area contributed by atoms with E-state index >= 15 is 0 Å². The molecule has 0 bridgehead atoms. The van der Waals surface area contributed by atoms with Crippen molar-refractivity contribution >= 4 is 0 Å². The molecule has 1 saturated heterocycles. The molecule has 0 aromatic heterocycles. The summed E-state index contributed by atoms with van der Waals surface area (Å²) in [5, 5.41) is 3.71. The van der Waals surface area contributed by atoms with E-state index in [9.17, 15) is 0 Å². The van der Waals surface area contributed by atoms with Crippen molar-refractivity contribution in [3.8, 4) is 0 Å². The lowest BCUT2D eigenvalue weighted by Crippen LogP contribution is -2.30. The first kappa shape index (κ1) is 11.4. The predicted molar refractivity (Wildman–Crippen MR) is 65.1 cm³/mol. The minimum Gasteiger partial charge on any atom is -0.314 e. The van der Waals surface area contributed by atoms with Crippen LogP contribution in [-0.2, 0) is 0 Å². The van der Waals surface area contributed by atoms with Gasteiger partial charge in [0.2, 0.25) is 0 Å². The lowest BCUT2D eigenvalue weighted by Gasteiger charge is -2.16. The van der Waals surface area contributed by atoms with Gasteiger partial charge in [-0.1, -0.05) is 6.92 Å². The van der Waals surface area contributed by atoms with E-state index in [0.29, 0.717) is 0 Å². The van der Waals surface area contributed by atoms with Crippen LogP contribution in [0.3, 0.4) is 0 Å². The molecule has 0 spiro atoms. The fourth-order valence-electron chi connectivity index (χ4n) is 3.01. The van der Waals surface area contributed by atoms with E-state index < -0.39 is 0 Å². The first-order chi connectivity index (χ1) is 7.34. The molecule has 2 aliphatic rings. The van der Waals surface area contributed by atoms with Gasteiger partial charge in [0.1, 0.15) is 0 Å². The van der Waals surface area contributed by atoms with Gasteiger partial charge >= 0.3 is 0 Å². The number of hydrogen-bond acceptors (Lipinski definition) is 2. The Hall–Kier alpha value is -0.0800. The summed E-state index contributed by atoms with van der Waals surface area (Å²) in [6, 6.07) is 0.832. The maximum atomic E-state index is 3.71. The molecule has 15 heavy (non-hydrogen) atoms. The van der Waals surface area contributed by atoms with Crippen LogP contribution in [0.5, 0.6) is 0 Å². The van der Waals surface area contributed by atoms with Gasteiger partial charge in [-0.25, -0.2) is 0 Å². The van der Waals surface area contributed by atoms with Crippen LogP contribution in [-0.4, -0.2) is 37.1 Å². The van der Waals surface area contributed by atoms with Gasteiger partial charge in [0.15, 0.2) is 0 Å². The molecule has 0 aromatic carbocycles. The molecule has 0 aromatic rings. The highest BCUT2D eigenvalue weighted by atomic mass is 15.1. The second-order valence-electron chi connectivity index (χ2n) is 5.47. The lowest BCUT2D eigenvalue weighted by atomic mass is 10.1. The van der Waals surface area contributed by atoms with Crippen molar-refractivity contribution < 1.29 is 0 Å². The summed E-state index contributed by atoms with van der Waals surface area (Å²) in [6.45, 7) is 7.62. The van der Waals surface area contributed by atoms with E-state index in [-0.39, 0.29) is 0 Å². The standard InChI is InChI=1S/C13H26N2/c1-12-5-6-13(11-12)14-7-4-10-15-8-2-3-9-15/h12-14H,2-11H2,1H3. The molecule has 1 heterocycles. The zero-order chi connectivity index (χ0) is 10.5. The average Bonchev–Trinajstić information content (AvgIpc) is 2.84. The Bertz CT molecular complexity index is 175. The summed E-state index contributed by atoms with van der Waals surface area (Å²) in [5.74, 6) is 0.959. The van der Waals surface area contributed by atoms with Crippen LogP contribution in [0, 0.1) is 5.92 Å². The molecular weight excluding hydrogens is 184 g/mol. The molecular formula is C13H26N2. The minimum atomic E-state index is 0.832. The summed E-state index contributed by atoms with van der Waals surface area (Å²) in [6.07, 6.45) is 8.43. The van der Waals surface area contributed by atoms with Gasteiger partial charge in [0.05, 0.1) is 0 Å². The highest BCUT2D eigenvalue weighted by Crippen LogP contribution is 2.24. The third-order valence-electron chi connectivity index (χ3n) is 3.98. The summed E-state index contributed by atoms with van der Waals surface area (Å²) >= 11 is 0. The summed E-state index contributed by atoms with van der Waals surface area (Å²) in [7, 11) is 0. The van der Waals surface area contributed by atoms with Crippen molar-refractivity contribution in [2.75, 3.05) is 26.2 Å². The molecule has 88 valence electrons. The number of nitrogens with zero attached hydrogens (tertiary/aromatic N) is 1. The molecule has 1 aliphatic heterocycles. The zero-order valence-corrected chi connectivity index (χ0v) is 10.2. The maximum absolute atomic E-state index is 3.71. The van der Waals surface area contributed by atoms with Crippen molar-refractivity contribution in [2.45, 2.75) is 51.5 Å². The van der Waals surface area contributed by atoms with E-state index in [4.69, 9.17) is 0 Å². The Balaban J connectivity index is 1.48. The predicted octanol–water partition coefficient (Wildman–Crippen LogP) is 2.25. The Kier molecular flexibility index (Phi) is 4.45. The Morgan fingerprint density at radius 3 is 2.67 bits per heavy atom. The van der Waals surface area contributed by atoms with Crippen LogP contribution in [0.15, 0.2) is 0 Å². The van der Waals surface area contributed by atoms with Gasteiger partial charge in [0, 0.05) is 6.04 Å². The molecule has 2 unspecified atom stereocenters. The van der Waals surface area contributed by atoms with Crippen molar-refractivity contribution in [3.63, 3.8) is 0 Å². The highest BCUT2D eigenvalue weighted by molar-refractivity contribution is 4.78. The van der Waals surface area contributed by atoms with Gasteiger partial charge in [-0.2, -0.15) is 0 Å². The van der Waals surface area contributed by atoms with Crippen molar-refractivity contribution in [1.82, 2.24) is 10.2 Å². The van der Waals surface area contributed by atoms with Crippen LogP contribution in [0.4, 0.5) is 0 Å². The molecule has 1 N–H and O–H groups in total. The molecule has 2 atom stereocenters. The molecule has 2 rings (SSSR count). The van der Waals surface area contributed by atoms with Crippen molar-refractivity contribution in [1.29, 1.82) is 0 Å². The van der Waals surface area contributed by atoms with Crippen LogP contribution in [0.1, 0.15) is 45.4 Å². The van der Waals surface area contributed by atoms with E-state index in [1.165, 1.54) is 64.7 Å². The van der Waals surface area contributed by atoms with E-state index in [1.807, 2.05) is 0 Å². The van der Waals surface area contributed by atoms with Gasteiger partial charge in [-0.05, 0) is 70.6 Å². The SMILES string of the molecule is CC1CCC(NCCCN2CCCC2)C1. The minimum absolute atomic E-state index is 0.832. The molecule has 1 saturated carbocycles. The van der Waals surface area contributed by atoms with Crippen molar-refractivity contribution in [2.24, 2.45) is 5.92 Å². The Labute approximate surface area is 94.4 Å². The second kappa shape index (κ2) is 5.86. The largest absolute Gasteiger partial charge is 0.314 e. The van der Waals surface area contributed by atoms with Crippen LogP contribution in [0.2, 0.25) is 0 Å². The van der Waals surface area contributed by atoms with Crippen LogP contribution >= 0.6 is 0 Å². The van der Waals surface area contributed by atoms with Gasteiger partial charge in [-0.15, -0.1) is 0 Å². The number of rotatable bonds is 5. The monoisotopic (exact) mass is 210 g/mol. The van der Waals surface area contributed by atoms with Gasteiger partial charge < -0.3 is 10.2 Å². The fraction of sp³-hybridized carbons (Fsp3) is 1.00. The first-order valence-electron chi connectivity index (χ1n) is 6.80. The maximum Gasteiger partial charge on any atom is 0.00697 e. The smallest absolute Gasteiger partial charge is 0.00697 e. The fourth-order valence-corrected chi connectivity index (χ4v) is 3.01. The number of likely N-dealkylation sites (tertiary alicyclic amines) is 1. The average molecular weight is 210 g/mol. The number of nitrogens with one attached hydrogen (secondary N) is 1. The summed E-state index contributed by atoms with van der Waals surface area (Å²) in [4.78, 5) is 2.61. The van der Waals surface area contributed by atoms with Crippen molar-refractivity contribution in [3.05, 3.63) is 0 Å². The van der Waals surface area contributed by atoms with Crippen LogP contribution in [0.25, 0.3) is 0 Å². The van der Waals surface area contributed by atoms with Crippen LogP contribution < -0.4 is 5.32 Å². The van der Waals surface area contributed by atoms with Gasteiger partial charge in [-0.3, -0.25) is 0 Å². The summed E-state index contributed by atoms with van der Waals surface area (Å²) < 4.78 is 0. The third kappa shape index (κ3) is 3.76. The van der Waals surface area contributed by atoms with E-state index in [2.05, 4.69) is 17.1 Å². The quantitative estimate of drug-likeness (QED) is 0.700. The highest BCUT2D eigenvalue weighted by Gasteiger charge is 2.20. The molecule has 0 radical (unpaired) electrons. The molecule has 2 nitrogen and oxygen atoms in total. The van der Waals surface area contributed by atoms with E-state index in [0.717, 1.165) is 12.0 Å². The molecule has 2 fully saturated rings. The third-order valence-corrected chi connectivity index (χ3v) is 3.98. The summed E-state index contributed by atoms with van der Waals surface area (Å²) in [5.41, 5.74) is 0. The zero-order valence-electron chi connectivity index (χ0n) is 10.2. The molecule has 0 amide bonds. The Morgan fingerprint density at radius 2 is 2.00 bits per heavy atom. The normalized spacial score (nSPS) is 32.6.